The maximum atomic E-state index is 6.21. The lowest BCUT2D eigenvalue weighted by molar-refractivity contribution is 0.262. The van der Waals surface area contributed by atoms with Gasteiger partial charge in [-0.1, -0.05) is 48.5 Å². The number of hydrogen-bond acceptors (Lipinski definition) is 2. The largest absolute Gasteiger partial charge is 0.493 e. The molecule has 1 saturated carbocycles. The van der Waals surface area contributed by atoms with Gasteiger partial charge < -0.3 is 15.8 Å². The minimum absolute atomic E-state index is 0.171. The minimum atomic E-state index is 0.171. The summed E-state index contributed by atoms with van der Waals surface area (Å²) in [6, 6.07) is 19.0. The Hall–Kier alpha value is -2.49. The second kappa shape index (κ2) is 7.18. The fraction of sp³-hybridized carbons (Fsp3) is 0.381. The number of nitrogens with two attached hydrogens (primary N) is 1. The van der Waals surface area contributed by atoms with E-state index < -0.39 is 0 Å². The lowest BCUT2D eigenvalue weighted by atomic mass is 9.94. The number of ether oxygens (including phenoxy) is 1. The first-order chi connectivity index (χ1) is 12.3. The summed E-state index contributed by atoms with van der Waals surface area (Å²) in [5.74, 6) is 2.70. The predicted molar refractivity (Wildman–Crippen MR) is 101 cm³/mol. The van der Waals surface area contributed by atoms with Crippen molar-refractivity contribution in [3.05, 3.63) is 65.7 Å². The van der Waals surface area contributed by atoms with Gasteiger partial charge in [0.2, 0.25) is 0 Å². The molecule has 0 radical (unpaired) electrons. The monoisotopic (exact) mass is 335 g/mol. The third-order valence-corrected chi connectivity index (χ3v) is 5.16. The van der Waals surface area contributed by atoms with Gasteiger partial charge in [0, 0.05) is 24.4 Å². The molecule has 2 aromatic carbocycles. The van der Waals surface area contributed by atoms with Crippen LogP contribution in [0.5, 0.6) is 5.75 Å². The number of nitrogens with zero attached hydrogens (tertiary/aromatic N) is 1. The van der Waals surface area contributed by atoms with Crippen molar-refractivity contribution in [3.63, 3.8) is 0 Å². The summed E-state index contributed by atoms with van der Waals surface area (Å²) in [6.45, 7) is 1.45. The first-order valence-electron chi connectivity index (χ1n) is 9.14. The number of nitrogens with one attached hydrogen (secondary N) is 1. The van der Waals surface area contributed by atoms with Crippen molar-refractivity contribution < 1.29 is 4.74 Å². The van der Waals surface area contributed by atoms with Crippen LogP contribution in [0.15, 0.2) is 59.6 Å². The van der Waals surface area contributed by atoms with E-state index in [0.29, 0.717) is 18.5 Å². The normalized spacial score (nSPS) is 21.1. The molecule has 3 N–H and O–H groups in total. The minimum Gasteiger partial charge on any atom is -0.493 e. The van der Waals surface area contributed by atoms with Gasteiger partial charge >= 0.3 is 0 Å². The summed E-state index contributed by atoms with van der Waals surface area (Å²) >= 11 is 0. The molecule has 0 aromatic heterocycles. The highest BCUT2D eigenvalue weighted by Gasteiger charge is 2.32. The fourth-order valence-electron chi connectivity index (χ4n) is 3.64. The lowest BCUT2D eigenvalue weighted by Crippen LogP contribution is -2.37. The summed E-state index contributed by atoms with van der Waals surface area (Å²) in [5, 5.41) is 3.39. The average molecular weight is 335 g/mol. The summed E-state index contributed by atoms with van der Waals surface area (Å²) in [5.41, 5.74) is 8.74. The van der Waals surface area contributed by atoms with E-state index >= 15 is 0 Å². The van der Waals surface area contributed by atoms with E-state index in [1.54, 1.807) is 0 Å². The molecular weight excluding hydrogens is 310 g/mol. The molecule has 2 aliphatic rings. The third kappa shape index (κ3) is 3.78. The van der Waals surface area contributed by atoms with Crippen LogP contribution in [0.25, 0.3) is 0 Å². The van der Waals surface area contributed by atoms with Crippen LogP contribution in [-0.4, -0.2) is 19.1 Å². The number of para-hydroxylation sites is 1. The van der Waals surface area contributed by atoms with Crippen molar-refractivity contribution >= 4 is 5.96 Å². The number of fused-ring (bicyclic) bond motifs is 1. The van der Waals surface area contributed by atoms with E-state index in [4.69, 9.17) is 10.5 Å². The molecule has 0 saturated heterocycles. The maximum absolute atomic E-state index is 6.21. The molecule has 0 bridgehead atoms. The number of benzene rings is 2. The van der Waals surface area contributed by atoms with Crippen molar-refractivity contribution in [2.24, 2.45) is 16.6 Å². The van der Waals surface area contributed by atoms with Crippen LogP contribution in [-0.2, 0) is 0 Å². The molecule has 1 aliphatic heterocycles. The number of hydrogen-bond donors (Lipinski definition) is 2. The first-order valence-corrected chi connectivity index (χ1v) is 9.14. The van der Waals surface area contributed by atoms with Gasteiger partial charge in [-0.25, -0.2) is 0 Å². The van der Waals surface area contributed by atoms with Crippen molar-refractivity contribution in [3.8, 4) is 5.75 Å². The van der Waals surface area contributed by atoms with E-state index in [0.717, 1.165) is 30.2 Å². The highest BCUT2D eigenvalue weighted by Crippen LogP contribution is 2.42. The molecule has 130 valence electrons. The zero-order valence-corrected chi connectivity index (χ0v) is 14.4. The summed E-state index contributed by atoms with van der Waals surface area (Å²) in [4.78, 5) is 4.67. The molecule has 2 unspecified atom stereocenters. The molecular formula is C21H25N3O. The highest BCUT2D eigenvalue weighted by atomic mass is 16.5. The molecule has 1 fully saturated rings. The zero-order chi connectivity index (χ0) is 17.1. The van der Waals surface area contributed by atoms with Crippen LogP contribution in [0.1, 0.15) is 42.3 Å². The van der Waals surface area contributed by atoms with E-state index in [2.05, 4.69) is 46.7 Å². The summed E-state index contributed by atoms with van der Waals surface area (Å²) < 4.78 is 5.71. The molecule has 25 heavy (non-hydrogen) atoms. The van der Waals surface area contributed by atoms with Crippen LogP contribution in [0.4, 0.5) is 0 Å². The van der Waals surface area contributed by atoms with Crippen molar-refractivity contribution in [2.45, 2.75) is 31.2 Å². The first kappa shape index (κ1) is 16.0. The van der Waals surface area contributed by atoms with Crippen LogP contribution < -0.4 is 15.8 Å². The molecule has 2 atom stereocenters. The maximum Gasteiger partial charge on any atom is 0.189 e. The van der Waals surface area contributed by atoms with Gasteiger partial charge in [-0.2, -0.15) is 0 Å². The Labute approximate surface area is 149 Å². The highest BCUT2D eigenvalue weighted by molar-refractivity contribution is 5.78. The fourth-order valence-corrected chi connectivity index (χ4v) is 3.64. The Balaban J connectivity index is 1.43. The molecule has 0 spiro atoms. The van der Waals surface area contributed by atoms with Gasteiger partial charge in [-0.05, 0) is 30.4 Å². The van der Waals surface area contributed by atoms with Gasteiger partial charge in [0.1, 0.15) is 5.75 Å². The Morgan fingerprint density at radius 3 is 2.64 bits per heavy atom. The molecule has 2 aromatic rings. The van der Waals surface area contributed by atoms with E-state index in [9.17, 15) is 0 Å². The van der Waals surface area contributed by atoms with Gasteiger partial charge in [0.15, 0.2) is 5.96 Å². The Bertz CT molecular complexity index is 740. The van der Waals surface area contributed by atoms with Crippen molar-refractivity contribution in [2.75, 3.05) is 13.2 Å². The second-order valence-electron chi connectivity index (χ2n) is 6.95. The quantitative estimate of drug-likeness (QED) is 0.648. The molecule has 1 aliphatic carbocycles. The molecule has 4 heteroatoms. The van der Waals surface area contributed by atoms with E-state index in [1.165, 1.54) is 18.4 Å². The Kier molecular flexibility index (Phi) is 4.59. The van der Waals surface area contributed by atoms with E-state index in [1.807, 2.05) is 18.2 Å². The van der Waals surface area contributed by atoms with Gasteiger partial charge in [0.05, 0.1) is 12.6 Å². The molecule has 4 rings (SSSR count). The number of aliphatic imine (C=N–C) groups is 1. The predicted octanol–water partition coefficient (Wildman–Crippen LogP) is 3.61. The summed E-state index contributed by atoms with van der Waals surface area (Å²) in [7, 11) is 0. The lowest BCUT2D eigenvalue weighted by Gasteiger charge is -2.27. The third-order valence-electron chi connectivity index (χ3n) is 5.16. The van der Waals surface area contributed by atoms with Gasteiger partial charge in [-0.15, -0.1) is 0 Å². The van der Waals surface area contributed by atoms with Crippen molar-refractivity contribution in [1.29, 1.82) is 0 Å². The molecule has 4 nitrogen and oxygen atoms in total. The summed E-state index contributed by atoms with van der Waals surface area (Å²) in [6.07, 6.45) is 3.50. The van der Waals surface area contributed by atoms with Crippen molar-refractivity contribution in [1.82, 2.24) is 5.32 Å². The zero-order valence-electron chi connectivity index (χ0n) is 14.4. The average Bonchev–Trinajstić information content (AvgIpc) is 3.48. The standard InChI is InChI=1S/C21H25N3O/c22-21(24-19-12-13-25-20-9-5-4-8-17(19)20)23-14-18(16-10-11-16)15-6-2-1-3-7-15/h1-9,16,18-19H,10-14H2,(H3,22,23,24). The Morgan fingerprint density at radius 1 is 1.08 bits per heavy atom. The number of guanidine groups is 1. The topological polar surface area (TPSA) is 59.6 Å². The van der Waals surface area contributed by atoms with Crippen LogP contribution in [0.2, 0.25) is 0 Å². The molecule has 1 heterocycles. The van der Waals surface area contributed by atoms with Crippen LogP contribution in [0, 0.1) is 5.92 Å². The second-order valence-corrected chi connectivity index (χ2v) is 6.95. The van der Waals surface area contributed by atoms with Crippen LogP contribution in [0.3, 0.4) is 0 Å². The van der Waals surface area contributed by atoms with Gasteiger partial charge in [-0.3, -0.25) is 4.99 Å². The Morgan fingerprint density at radius 2 is 1.84 bits per heavy atom. The number of rotatable bonds is 5. The smallest absolute Gasteiger partial charge is 0.189 e. The molecule has 0 amide bonds. The SMILES string of the molecule is NC(=NCC(c1ccccc1)C1CC1)NC1CCOc2ccccc21. The van der Waals surface area contributed by atoms with Gasteiger partial charge in [0.25, 0.3) is 0 Å². The van der Waals surface area contributed by atoms with E-state index in [-0.39, 0.29) is 6.04 Å². The van der Waals surface area contributed by atoms with Crippen LogP contribution >= 0.6 is 0 Å².